The molecule has 43 heavy (non-hydrogen) atoms. The normalized spacial score (nSPS) is 14.7. The SMILES string of the molecule is COCCCNC(=O)CN1C(=O)CS[C@H](c2cc(OC)ccc2OC)c2c(-c3ccccc3)nn(-c3ccc(F)cc3)c21. The van der Waals surface area contributed by atoms with Gasteiger partial charge >= 0.3 is 0 Å². The summed E-state index contributed by atoms with van der Waals surface area (Å²) in [6, 6.07) is 21.1. The number of methoxy groups -OCH3 is 3. The van der Waals surface area contributed by atoms with Crippen LogP contribution < -0.4 is 19.7 Å². The molecule has 1 aliphatic rings. The van der Waals surface area contributed by atoms with E-state index in [1.807, 2.05) is 48.5 Å². The first-order valence-electron chi connectivity index (χ1n) is 13.8. The van der Waals surface area contributed by atoms with Crippen molar-refractivity contribution >= 4 is 29.4 Å². The van der Waals surface area contributed by atoms with Gasteiger partial charge in [0, 0.05) is 37.0 Å². The van der Waals surface area contributed by atoms with E-state index in [9.17, 15) is 14.0 Å². The fourth-order valence-electron chi connectivity index (χ4n) is 5.02. The van der Waals surface area contributed by atoms with Crippen LogP contribution in [0.3, 0.4) is 0 Å². The van der Waals surface area contributed by atoms with Crippen LogP contribution in [-0.4, -0.2) is 68.4 Å². The largest absolute Gasteiger partial charge is 0.497 e. The second-order valence-corrected chi connectivity index (χ2v) is 10.9. The lowest BCUT2D eigenvalue weighted by molar-refractivity contribution is -0.122. The predicted octanol–water partition coefficient (Wildman–Crippen LogP) is 5.02. The number of carbonyl (C=O) groups excluding carboxylic acids is 2. The van der Waals surface area contributed by atoms with Gasteiger partial charge in [0.1, 0.15) is 29.7 Å². The molecule has 1 aromatic heterocycles. The van der Waals surface area contributed by atoms with E-state index in [1.165, 1.54) is 28.8 Å². The lowest BCUT2D eigenvalue weighted by atomic mass is 9.98. The van der Waals surface area contributed by atoms with Crippen LogP contribution in [-0.2, 0) is 14.3 Å². The molecule has 0 radical (unpaired) electrons. The minimum atomic E-state index is -0.428. The maximum absolute atomic E-state index is 14.0. The van der Waals surface area contributed by atoms with Crippen LogP contribution in [0.25, 0.3) is 16.9 Å². The molecular weight excluding hydrogens is 571 g/mol. The third-order valence-corrected chi connectivity index (χ3v) is 8.31. The molecule has 224 valence electrons. The van der Waals surface area contributed by atoms with Crippen LogP contribution in [0.4, 0.5) is 10.2 Å². The zero-order valence-electron chi connectivity index (χ0n) is 24.2. The molecule has 1 atom stereocenters. The number of amides is 2. The van der Waals surface area contributed by atoms with E-state index in [1.54, 1.807) is 38.1 Å². The van der Waals surface area contributed by atoms with Crippen LogP contribution in [0.5, 0.6) is 11.5 Å². The van der Waals surface area contributed by atoms with E-state index in [4.69, 9.17) is 19.3 Å². The highest BCUT2D eigenvalue weighted by Gasteiger charge is 2.38. The zero-order chi connectivity index (χ0) is 30.3. The average molecular weight is 605 g/mol. The van der Waals surface area contributed by atoms with Gasteiger partial charge in [0.25, 0.3) is 0 Å². The van der Waals surface area contributed by atoms with E-state index in [0.29, 0.717) is 48.3 Å². The summed E-state index contributed by atoms with van der Waals surface area (Å²) in [6.07, 6.45) is 0.640. The van der Waals surface area contributed by atoms with Crippen molar-refractivity contribution in [1.29, 1.82) is 0 Å². The summed E-state index contributed by atoms with van der Waals surface area (Å²) < 4.78 is 32.1. The summed E-state index contributed by atoms with van der Waals surface area (Å²) in [7, 11) is 4.79. The number of anilines is 1. The van der Waals surface area contributed by atoms with Crippen LogP contribution in [0, 0.1) is 5.82 Å². The van der Waals surface area contributed by atoms with Gasteiger partial charge < -0.3 is 19.5 Å². The molecule has 4 aromatic rings. The first-order valence-corrected chi connectivity index (χ1v) is 14.8. The number of rotatable bonds is 11. The number of aromatic nitrogens is 2. The van der Waals surface area contributed by atoms with Crippen LogP contribution in [0.2, 0.25) is 0 Å². The van der Waals surface area contributed by atoms with Crippen LogP contribution in [0.15, 0.2) is 72.8 Å². The second-order valence-electron chi connectivity index (χ2n) is 9.82. The first kappa shape index (κ1) is 30.1. The molecule has 0 aliphatic carbocycles. The molecule has 3 aromatic carbocycles. The Morgan fingerprint density at radius 3 is 2.51 bits per heavy atom. The minimum Gasteiger partial charge on any atom is -0.497 e. The van der Waals surface area contributed by atoms with Crippen molar-refractivity contribution in [2.24, 2.45) is 0 Å². The molecule has 2 amide bonds. The molecule has 5 rings (SSSR count). The highest BCUT2D eigenvalue weighted by Crippen LogP contribution is 2.51. The van der Waals surface area contributed by atoms with Gasteiger partial charge in [-0.15, -0.1) is 11.8 Å². The number of halogens is 1. The van der Waals surface area contributed by atoms with E-state index in [0.717, 1.165) is 16.7 Å². The number of nitrogens with one attached hydrogen (secondary N) is 1. The fraction of sp³-hybridized carbons (Fsp3) is 0.281. The molecule has 0 bridgehead atoms. The Hall–Kier alpha value is -4.35. The minimum absolute atomic E-state index is 0.0916. The number of nitrogens with zero attached hydrogens (tertiary/aromatic N) is 3. The third-order valence-electron chi connectivity index (χ3n) is 7.08. The summed E-state index contributed by atoms with van der Waals surface area (Å²) in [5.74, 6) is 0.804. The monoisotopic (exact) mass is 604 g/mol. The number of carbonyl (C=O) groups is 2. The Bertz CT molecular complexity index is 1580. The maximum Gasteiger partial charge on any atom is 0.240 e. The van der Waals surface area contributed by atoms with Gasteiger partial charge in [-0.25, -0.2) is 9.07 Å². The van der Waals surface area contributed by atoms with Crippen molar-refractivity contribution in [2.75, 3.05) is 51.7 Å². The molecule has 9 nitrogen and oxygen atoms in total. The van der Waals surface area contributed by atoms with Gasteiger partial charge in [-0.2, -0.15) is 5.10 Å². The van der Waals surface area contributed by atoms with Gasteiger partial charge in [-0.3, -0.25) is 14.5 Å². The number of hydrogen-bond acceptors (Lipinski definition) is 7. The summed E-state index contributed by atoms with van der Waals surface area (Å²) in [4.78, 5) is 28.5. The highest BCUT2D eigenvalue weighted by molar-refractivity contribution is 8.00. The van der Waals surface area contributed by atoms with E-state index < -0.39 is 11.1 Å². The summed E-state index contributed by atoms with van der Waals surface area (Å²) >= 11 is 1.42. The fourth-order valence-corrected chi connectivity index (χ4v) is 6.24. The molecule has 0 spiro atoms. The van der Waals surface area contributed by atoms with Gasteiger partial charge in [0.2, 0.25) is 11.8 Å². The van der Waals surface area contributed by atoms with Crippen molar-refractivity contribution in [2.45, 2.75) is 11.7 Å². The molecule has 11 heteroatoms. The third kappa shape index (κ3) is 6.52. The van der Waals surface area contributed by atoms with E-state index >= 15 is 0 Å². The summed E-state index contributed by atoms with van der Waals surface area (Å²) in [5, 5.41) is 7.48. The Kier molecular flexibility index (Phi) is 9.63. The quantitative estimate of drug-likeness (QED) is 0.240. The number of ether oxygens (including phenoxy) is 3. The number of thioether (sulfide) groups is 1. The smallest absolute Gasteiger partial charge is 0.240 e. The number of benzene rings is 3. The van der Waals surface area contributed by atoms with Crippen molar-refractivity contribution in [3.8, 4) is 28.4 Å². The van der Waals surface area contributed by atoms with Crippen LogP contribution in [0.1, 0.15) is 22.8 Å². The van der Waals surface area contributed by atoms with Gasteiger partial charge in [-0.05, 0) is 48.9 Å². The molecule has 0 saturated heterocycles. The maximum atomic E-state index is 14.0. The molecule has 2 heterocycles. The lowest BCUT2D eigenvalue weighted by Gasteiger charge is -2.23. The topological polar surface area (TPSA) is 94.9 Å². The Morgan fingerprint density at radius 2 is 1.81 bits per heavy atom. The van der Waals surface area contributed by atoms with Gasteiger partial charge in [0.15, 0.2) is 0 Å². The molecule has 1 N–H and O–H groups in total. The standard InChI is InChI=1S/C32H33FN4O5S/c1-40-17-7-16-34-27(38)19-36-28(39)20-43-31(25-18-24(41-2)14-15-26(25)42-3)29-30(21-8-5-4-6-9-21)35-37(32(29)36)23-12-10-22(33)11-13-23/h4-6,8-15,18,31H,7,16-17,19-20H2,1-3H3,(H,34,38)/t31-/m1/s1. The average Bonchev–Trinajstić information content (AvgIpc) is 3.36. The predicted molar refractivity (Wildman–Crippen MR) is 165 cm³/mol. The summed E-state index contributed by atoms with van der Waals surface area (Å²) in [6.45, 7) is 0.695. The molecular formula is C32H33FN4O5S. The molecule has 0 fully saturated rings. The van der Waals surface area contributed by atoms with Crippen molar-refractivity contribution in [3.63, 3.8) is 0 Å². The number of fused-ring (bicyclic) bond motifs is 1. The Morgan fingerprint density at radius 1 is 1.05 bits per heavy atom. The Balaban J connectivity index is 1.75. The van der Waals surface area contributed by atoms with Crippen molar-refractivity contribution < 1.29 is 28.2 Å². The molecule has 0 saturated carbocycles. The van der Waals surface area contributed by atoms with Gasteiger partial charge in [-0.1, -0.05) is 30.3 Å². The Labute approximate surface area is 253 Å². The number of hydrogen-bond donors (Lipinski definition) is 1. The van der Waals surface area contributed by atoms with Crippen molar-refractivity contribution in [1.82, 2.24) is 15.1 Å². The molecule has 1 aliphatic heterocycles. The lowest BCUT2D eigenvalue weighted by Crippen LogP contribution is -2.42. The van der Waals surface area contributed by atoms with Gasteiger partial charge in [0.05, 0.1) is 36.6 Å². The highest BCUT2D eigenvalue weighted by atomic mass is 32.2. The first-order chi connectivity index (χ1) is 20.9. The zero-order valence-corrected chi connectivity index (χ0v) is 25.0. The van der Waals surface area contributed by atoms with E-state index in [-0.39, 0.29) is 24.1 Å². The van der Waals surface area contributed by atoms with Crippen molar-refractivity contribution in [3.05, 3.63) is 89.7 Å². The molecule has 0 unspecified atom stereocenters. The second kappa shape index (κ2) is 13.7. The summed E-state index contributed by atoms with van der Waals surface area (Å²) in [5.41, 5.74) is 3.52. The van der Waals surface area contributed by atoms with Crippen LogP contribution >= 0.6 is 11.8 Å². The van der Waals surface area contributed by atoms with E-state index in [2.05, 4.69) is 5.32 Å².